The largest absolute Gasteiger partial charge is 0.493 e. The fourth-order valence-corrected chi connectivity index (χ4v) is 2.75. The number of hydrogen-bond donors (Lipinski definition) is 2. The van der Waals surface area contributed by atoms with Crippen molar-refractivity contribution in [2.75, 3.05) is 26.2 Å². The predicted molar refractivity (Wildman–Crippen MR) is 93.7 cm³/mol. The summed E-state index contributed by atoms with van der Waals surface area (Å²) in [7, 11) is 0. The van der Waals surface area contributed by atoms with Gasteiger partial charge in [0.15, 0.2) is 0 Å². The fraction of sp³-hybridized carbons (Fsp3) is 0.632. The average molecular weight is 318 g/mol. The first-order chi connectivity index (χ1) is 11.1. The van der Waals surface area contributed by atoms with Crippen molar-refractivity contribution in [3.63, 3.8) is 0 Å². The zero-order valence-corrected chi connectivity index (χ0v) is 14.4. The van der Waals surface area contributed by atoms with Gasteiger partial charge in [-0.15, -0.1) is 0 Å². The first-order valence-electron chi connectivity index (χ1n) is 8.82. The lowest BCUT2D eigenvalue weighted by Gasteiger charge is -2.10. The highest BCUT2D eigenvalue weighted by Crippen LogP contribution is 2.15. The number of rotatable bonds is 9. The van der Waals surface area contributed by atoms with Crippen molar-refractivity contribution in [1.82, 2.24) is 10.6 Å². The minimum Gasteiger partial charge on any atom is -0.493 e. The number of carbonyl (C=O) groups is 1. The summed E-state index contributed by atoms with van der Waals surface area (Å²) in [5.74, 6) is 2.30. The van der Waals surface area contributed by atoms with Crippen LogP contribution in [0.15, 0.2) is 24.3 Å². The Morgan fingerprint density at radius 3 is 2.78 bits per heavy atom. The van der Waals surface area contributed by atoms with Crippen LogP contribution in [0.3, 0.4) is 0 Å². The summed E-state index contributed by atoms with van der Waals surface area (Å²) in [5.41, 5.74) is 1.22. The Balaban J connectivity index is 1.60. The number of ether oxygens (including phenoxy) is 1. The summed E-state index contributed by atoms with van der Waals surface area (Å²) < 4.78 is 5.67. The van der Waals surface area contributed by atoms with Crippen molar-refractivity contribution >= 4 is 5.91 Å². The van der Waals surface area contributed by atoms with Crippen LogP contribution in [-0.2, 0) is 11.2 Å². The van der Waals surface area contributed by atoms with E-state index in [1.165, 1.54) is 12.0 Å². The molecular weight excluding hydrogens is 288 g/mol. The van der Waals surface area contributed by atoms with Crippen molar-refractivity contribution < 1.29 is 9.53 Å². The molecule has 1 heterocycles. The van der Waals surface area contributed by atoms with E-state index in [0.717, 1.165) is 38.3 Å². The first kappa shape index (κ1) is 17.8. The number of carbonyl (C=O) groups excluding carboxylic acids is 1. The Morgan fingerprint density at radius 1 is 1.35 bits per heavy atom. The lowest BCUT2D eigenvalue weighted by Crippen LogP contribution is -2.26. The lowest BCUT2D eigenvalue weighted by molar-refractivity contribution is -0.121. The topological polar surface area (TPSA) is 50.4 Å². The Labute approximate surface area is 140 Å². The van der Waals surface area contributed by atoms with Gasteiger partial charge >= 0.3 is 0 Å². The summed E-state index contributed by atoms with van der Waals surface area (Å²) in [6.07, 6.45) is 3.72. The van der Waals surface area contributed by atoms with Crippen LogP contribution < -0.4 is 15.4 Å². The van der Waals surface area contributed by atoms with Crippen LogP contribution >= 0.6 is 0 Å². The summed E-state index contributed by atoms with van der Waals surface area (Å²) in [4.78, 5) is 11.8. The van der Waals surface area contributed by atoms with E-state index in [1.807, 2.05) is 12.1 Å². The monoisotopic (exact) mass is 318 g/mol. The van der Waals surface area contributed by atoms with Crippen LogP contribution in [0, 0.1) is 11.8 Å². The minimum atomic E-state index is 0.175. The number of hydrogen-bond acceptors (Lipinski definition) is 3. The van der Waals surface area contributed by atoms with Gasteiger partial charge in [-0.05, 0) is 61.9 Å². The molecule has 2 rings (SSSR count). The van der Waals surface area contributed by atoms with Crippen LogP contribution in [-0.4, -0.2) is 32.1 Å². The zero-order valence-electron chi connectivity index (χ0n) is 14.4. The van der Waals surface area contributed by atoms with Crippen LogP contribution in [0.5, 0.6) is 5.75 Å². The summed E-state index contributed by atoms with van der Waals surface area (Å²) in [6.45, 7) is 7.89. The smallest absolute Gasteiger partial charge is 0.220 e. The first-order valence-corrected chi connectivity index (χ1v) is 8.82. The predicted octanol–water partition coefficient (Wildman–Crippen LogP) is 2.77. The highest BCUT2D eigenvalue weighted by molar-refractivity contribution is 5.75. The summed E-state index contributed by atoms with van der Waals surface area (Å²) in [5, 5.41) is 6.36. The molecular formula is C19H30N2O2. The molecule has 1 unspecified atom stereocenters. The van der Waals surface area contributed by atoms with Crippen LogP contribution in [0.4, 0.5) is 0 Å². The van der Waals surface area contributed by atoms with E-state index in [9.17, 15) is 4.79 Å². The molecule has 4 heteroatoms. The van der Waals surface area contributed by atoms with Crippen LogP contribution in [0.2, 0.25) is 0 Å². The van der Waals surface area contributed by atoms with Crippen LogP contribution in [0.25, 0.3) is 0 Å². The van der Waals surface area contributed by atoms with Crippen molar-refractivity contribution in [1.29, 1.82) is 0 Å². The van der Waals surface area contributed by atoms with Crippen LogP contribution in [0.1, 0.15) is 38.7 Å². The van der Waals surface area contributed by atoms with Gasteiger partial charge in [-0.2, -0.15) is 0 Å². The molecule has 0 radical (unpaired) electrons. The van der Waals surface area contributed by atoms with Gasteiger partial charge in [-0.25, -0.2) is 0 Å². The van der Waals surface area contributed by atoms with Gasteiger partial charge in [-0.1, -0.05) is 26.0 Å². The maximum atomic E-state index is 11.8. The normalized spacial score (nSPS) is 17.4. The van der Waals surface area contributed by atoms with E-state index in [-0.39, 0.29) is 5.91 Å². The van der Waals surface area contributed by atoms with E-state index in [4.69, 9.17) is 4.74 Å². The van der Waals surface area contributed by atoms with E-state index < -0.39 is 0 Å². The molecule has 128 valence electrons. The summed E-state index contributed by atoms with van der Waals surface area (Å²) >= 11 is 0. The van der Waals surface area contributed by atoms with Gasteiger partial charge in [-0.3, -0.25) is 4.79 Å². The molecule has 1 aliphatic rings. The molecule has 1 aromatic carbocycles. The average Bonchev–Trinajstić information content (AvgIpc) is 3.05. The van der Waals surface area contributed by atoms with E-state index in [1.54, 1.807) is 0 Å². The standard InChI is InChI=1S/C19H30N2O2/c1-15(2)14-23-18-6-3-16(4-7-18)10-12-21-19(22)8-5-17-9-11-20-13-17/h3-4,6-7,15,17,20H,5,8-14H2,1-2H3,(H,21,22). The molecule has 1 saturated heterocycles. The molecule has 0 aromatic heterocycles. The summed E-state index contributed by atoms with van der Waals surface area (Å²) in [6, 6.07) is 8.16. The Morgan fingerprint density at radius 2 is 2.13 bits per heavy atom. The molecule has 1 aromatic rings. The number of nitrogens with one attached hydrogen (secondary N) is 2. The molecule has 1 amide bonds. The van der Waals surface area contributed by atoms with Gasteiger partial charge in [0.1, 0.15) is 5.75 Å². The molecule has 23 heavy (non-hydrogen) atoms. The second-order valence-corrected chi connectivity index (χ2v) is 6.85. The van der Waals surface area contributed by atoms with Crippen molar-refractivity contribution in [3.05, 3.63) is 29.8 Å². The molecule has 0 saturated carbocycles. The Kier molecular flexibility index (Phi) is 7.40. The van der Waals surface area contributed by atoms with E-state index >= 15 is 0 Å². The molecule has 1 aliphatic heterocycles. The lowest BCUT2D eigenvalue weighted by atomic mass is 10.0. The molecule has 0 spiro atoms. The third kappa shape index (κ3) is 7.04. The number of benzene rings is 1. The molecule has 4 nitrogen and oxygen atoms in total. The highest BCUT2D eigenvalue weighted by Gasteiger charge is 2.15. The Bertz CT molecular complexity index is 465. The molecule has 1 atom stereocenters. The highest BCUT2D eigenvalue weighted by atomic mass is 16.5. The van der Waals surface area contributed by atoms with Gasteiger partial charge in [0.05, 0.1) is 6.61 Å². The van der Waals surface area contributed by atoms with Gasteiger partial charge in [0.2, 0.25) is 5.91 Å². The zero-order chi connectivity index (χ0) is 16.5. The quantitative estimate of drug-likeness (QED) is 0.736. The van der Waals surface area contributed by atoms with Crippen molar-refractivity contribution in [2.24, 2.45) is 11.8 Å². The van der Waals surface area contributed by atoms with E-state index in [2.05, 4.69) is 36.6 Å². The van der Waals surface area contributed by atoms with Crippen molar-refractivity contribution in [2.45, 2.75) is 39.5 Å². The minimum absolute atomic E-state index is 0.175. The molecule has 0 bridgehead atoms. The van der Waals surface area contributed by atoms with E-state index in [0.29, 0.717) is 24.8 Å². The SMILES string of the molecule is CC(C)COc1ccc(CCNC(=O)CCC2CCNC2)cc1. The fourth-order valence-electron chi connectivity index (χ4n) is 2.75. The van der Waals surface area contributed by atoms with Gasteiger partial charge in [0, 0.05) is 13.0 Å². The molecule has 1 fully saturated rings. The second kappa shape index (κ2) is 9.56. The Hall–Kier alpha value is -1.55. The van der Waals surface area contributed by atoms with Crippen molar-refractivity contribution in [3.8, 4) is 5.75 Å². The third-order valence-electron chi connectivity index (χ3n) is 4.18. The molecule has 0 aliphatic carbocycles. The third-order valence-corrected chi connectivity index (χ3v) is 4.18. The van der Waals surface area contributed by atoms with Gasteiger partial charge < -0.3 is 15.4 Å². The number of amides is 1. The van der Waals surface area contributed by atoms with Gasteiger partial charge in [0.25, 0.3) is 0 Å². The molecule has 2 N–H and O–H groups in total. The second-order valence-electron chi connectivity index (χ2n) is 6.85. The maximum absolute atomic E-state index is 11.8. The maximum Gasteiger partial charge on any atom is 0.220 e.